The van der Waals surface area contributed by atoms with Gasteiger partial charge in [0.05, 0.1) is 5.54 Å². The summed E-state index contributed by atoms with van der Waals surface area (Å²) >= 11 is 0. The van der Waals surface area contributed by atoms with Crippen LogP contribution in [0.5, 0.6) is 0 Å². The molecule has 0 bridgehead atoms. The third-order valence-electron chi connectivity index (χ3n) is 6.54. The largest absolute Gasteiger partial charge is 0.357 e. The van der Waals surface area contributed by atoms with Crippen molar-refractivity contribution in [3.8, 4) is 0 Å². The number of fused-ring (bicyclic) bond motifs is 4. The molecule has 0 atom stereocenters. The Balaban J connectivity index is 1.51. The molecule has 4 nitrogen and oxygen atoms in total. The average Bonchev–Trinajstić information content (AvgIpc) is 3.39. The van der Waals surface area contributed by atoms with Gasteiger partial charge in [0.1, 0.15) is 0 Å². The summed E-state index contributed by atoms with van der Waals surface area (Å²) in [5, 5.41) is 1.39. The van der Waals surface area contributed by atoms with Crippen molar-refractivity contribution in [3.05, 3.63) is 35.5 Å². The first kappa shape index (κ1) is 14.5. The normalized spacial score (nSPS) is 23.6. The molecule has 1 spiro atoms. The van der Waals surface area contributed by atoms with Crippen LogP contribution in [0, 0.1) is 5.92 Å². The van der Waals surface area contributed by atoms with Crippen LogP contribution in [0.4, 0.5) is 0 Å². The van der Waals surface area contributed by atoms with Crippen LogP contribution in [0.1, 0.15) is 36.9 Å². The number of likely N-dealkylation sites (tertiary alicyclic amines) is 1. The van der Waals surface area contributed by atoms with E-state index in [4.69, 9.17) is 0 Å². The van der Waals surface area contributed by atoms with Crippen LogP contribution in [-0.2, 0) is 16.8 Å². The number of benzene rings is 1. The summed E-state index contributed by atoms with van der Waals surface area (Å²) in [4.78, 5) is 20.8. The molecule has 2 aromatic rings. The van der Waals surface area contributed by atoms with Crippen molar-refractivity contribution in [1.29, 1.82) is 0 Å². The molecule has 1 N–H and O–H groups in total. The maximum Gasteiger partial charge on any atom is 0.225 e. The summed E-state index contributed by atoms with van der Waals surface area (Å²) in [6, 6.07) is 8.68. The lowest BCUT2D eigenvalue weighted by Gasteiger charge is -2.50. The van der Waals surface area contributed by atoms with Crippen LogP contribution in [0.15, 0.2) is 24.3 Å². The van der Waals surface area contributed by atoms with Crippen molar-refractivity contribution < 1.29 is 4.79 Å². The molecule has 0 unspecified atom stereocenters. The van der Waals surface area contributed by atoms with Crippen molar-refractivity contribution in [1.82, 2.24) is 14.8 Å². The van der Waals surface area contributed by atoms with Crippen LogP contribution in [0.2, 0.25) is 0 Å². The standard InChI is InChI=1S/C20H25N3O/c1-22-11-8-16-15-4-2-3-5-17(15)21-18(16)20(22)9-12-23(13-10-20)19(24)14-6-7-14/h2-5,14,21H,6-13H2,1H3. The number of H-pyrrole nitrogens is 1. The summed E-state index contributed by atoms with van der Waals surface area (Å²) in [6.45, 7) is 2.90. The summed E-state index contributed by atoms with van der Waals surface area (Å²) in [5.74, 6) is 0.743. The van der Waals surface area contributed by atoms with Crippen molar-refractivity contribution in [2.45, 2.75) is 37.6 Å². The number of para-hydroxylation sites is 1. The topological polar surface area (TPSA) is 39.3 Å². The smallest absolute Gasteiger partial charge is 0.225 e. The molecule has 1 aliphatic carbocycles. The van der Waals surface area contributed by atoms with Gasteiger partial charge in [-0.15, -0.1) is 0 Å². The van der Waals surface area contributed by atoms with Crippen molar-refractivity contribution >= 4 is 16.8 Å². The van der Waals surface area contributed by atoms with E-state index in [9.17, 15) is 4.79 Å². The maximum atomic E-state index is 12.4. The second-order valence-corrected chi connectivity index (χ2v) is 7.83. The summed E-state index contributed by atoms with van der Waals surface area (Å²) in [7, 11) is 2.26. The zero-order chi connectivity index (χ0) is 16.3. The number of amides is 1. The third kappa shape index (κ3) is 1.99. The quantitative estimate of drug-likeness (QED) is 0.876. The Hall–Kier alpha value is -1.81. The lowest BCUT2D eigenvalue weighted by atomic mass is 9.78. The molecule has 1 aromatic carbocycles. The van der Waals surface area contributed by atoms with Gasteiger partial charge in [0, 0.05) is 42.1 Å². The first-order chi connectivity index (χ1) is 11.7. The minimum atomic E-state index is 0.0763. The fraction of sp³-hybridized carbons (Fsp3) is 0.550. The molecule has 24 heavy (non-hydrogen) atoms. The second-order valence-electron chi connectivity index (χ2n) is 7.83. The van der Waals surface area contributed by atoms with Gasteiger partial charge >= 0.3 is 0 Å². The predicted molar refractivity (Wildman–Crippen MR) is 94.8 cm³/mol. The number of aromatic amines is 1. The highest BCUT2D eigenvalue weighted by atomic mass is 16.2. The van der Waals surface area contributed by atoms with Gasteiger partial charge in [0.15, 0.2) is 0 Å². The SMILES string of the molecule is CN1CCc2c([nH]c3ccccc23)C12CCN(C(=O)C1CC1)CC2. The minimum absolute atomic E-state index is 0.0763. The van der Waals surface area contributed by atoms with E-state index in [1.54, 1.807) is 0 Å². The van der Waals surface area contributed by atoms with Gasteiger partial charge in [0.2, 0.25) is 5.91 Å². The molecule has 2 aliphatic heterocycles. The van der Waals surface area contributed by atoms with E-state index in [0.717, 1.165) is 51.7 Å². The highest BCUT2D eigenvalue weighted by molar-refractivity contribution is 5.85. The number of rotatable bonds is 1. The lowest BCUT2D eigenvalue weighted by Crippen LogP contribution is -2.55. The van der Waals surface area contributed by atoms with Crippen molar-refractivity contribution in [3.63, 3.8) is 0 Å². The van der Waals surface area contributed by atoms with Crippen LogP contribution in [-0.4, -0.2) is 47.4 Å². The molecular formula is C20H25N3O. The Morgan fingerprint density at radius 2 is 1.92 bits per heavy atom. The first-order valence-electron chi connectivity index (χ1n) is 9.29. The number of piperidine rings is 1. The summed E-state index contributed by atoms with van der Waals surface area (Å²) in [6.07, 6.45) is 5.41. The van der Waals surface area contributed by atoms with Gasteiger partial charge in [-0.3, -0.25) is 9.69 Å². The van der Waals surface area contributed by atoms with Crippen LogP contribution < -0.4 is 0 Å². The molecule has 5 rings (SSSR count). The number of carbonyl (C=O) groups excluding carboxylic acids is 1. The number of nitrogens with zero attached hydrogens (tertiary/aromatic N) is 2. The Morgan fingerprint density at radius 3 is 2.67 bits per heavy atom. The van der Waals surface area contributed by atoms with Crippen LogP contribution >= 0.6 is 0 Å². The second kappa shape index (κ2) is 5.09. The maximum absolute atomic E-state index is 12.4. The van der Waals surface area contributed by atoms with Gasteiger partial charge < -0.3 is 9.88 Å². The molecular weight excluding hydrogens is 298 g/mol. The van der Waals surface area contributed by atoms with Crippen molar-refractivity contribution in [2.75, 3.05) is 26.7 Å². The van der Waals surface area contributed by atoms with Gasteiger partial charge in [-0.2, -0.15) is 0 Å². The highest BCUT2D eigenvalue weighted by Gasteiger charge is 2.46. The molecule has 1 aromatic heterocycles. The fourth-order valence-electron chi connectivity index (χ4n) is 4.86. The molecule has 4 heteroatoms. The zero-order valence-corrected chi connectivity index (χ0v) is 14.3. The lowest BCUT2D eigenvalue weighted by molar-refractivity contribution is -0.135. The molecule has 0 radical (unpaired) electrons. The Kier molecular flexibility index (Phi) is 3.08. The molecule has 2 fully saturated rings. The van der Waals surface area contributed by atoms with Gasteiger partial charge in [0.25, 0.3) is 0 Å². The number of carbonyl (C=O) groups is 1. The molecule has 1 amide bonds. The summed E-state index contributed by atoms with van der Waals surface area (Å²) in [5.41, 5.74) is 4.25. The molecule has 126 valence electrons. The van der Waals surface area contributed by atoms with E-state index in [1.165, 1.54) is 22.2 Å². The van der Waals surface area contributed by atoms with E-state index in [-0.39, 0.29) is 5.54 Å². The van der Waals surface area contributed by atoms with E-state index >= 15 is 0 Å². The van der Waals surface area contributed by atoms with Crippen LogP contribution in [0.25, 0.3) is 10.9 Å². The van der Waals surface area contributed by atoms with Gasteiger partial charge in [-0.05, 0) is 50.8 Å². The van der Waals surface area contributed by atoms with E-state index in [1.807, 2.05) is 0 Å². The molecule has 3 aliphatic rings. The molecule has 3 heterocycles. The Labute approximate surface area is 142 Å². The number of nitrogens with one attached hydrogen (secondary N) is 1. The Bertz CT molecular complexity index is 796. The highest BCUT2D eigenvalue weighted by Crippen LogP contribution is 2.45. The van der Waals surface area contributed by atoms with E-state index in [2.05, 4.69) is 46.1 Å². The average molecular weight is 323 g/mol. The van der Waals surface area contributed by atoms with Gasteiger partial charge in [-0.1, -0.05) is 18.2 Å². The van der Waals surface area contributed by atoms with E-state index in [0.29, 0.717) is 11.8 Å². The third-order valence-corrected chi connectivity index (χ3v) is 6.54. The fourth-order valence-corrected chi connectivity index (χ4v) is 4.86. The molecule has 1 saturated carbocycles. The van der Waals surface area contributed by atoms with Crippen LogP contribution in [0.3, 0.4) is 0 Å². The number of hydrogen-bond acceptors (Lipinski definition) is 2. The number of hydrogen-bond donors (Lipinski definition) is 1. The number of aromatic nitrogens is 1. The minimum Gasteiger partial charge on any atom is -0.357 e. The Morgan fingerprint density at radius 1 is 1.17 bits per heavy atom. The van der Waals surface area contributed by atoms with Crippen molar-refractivity contribution in [2.24, 2.45) is 5.92 Å². The first-order valence-corrected chi connectivity index (χ1v) is 9.29. The van der Waals surface area contributed by atoms with Gasteiger partial charge in [-0.25, -0.2) is 0 Å². The zero-order valence-electron chi connectivity index (χ0n) is 14.3. The number of likely N-dealkylation sites (N-methyl/N-ethyl adjacent to an activating group) is 1. The monoisotopic (exact) mass is 323 g/mol. The predicted octanol–water partition coefficient (Wildman–Crippen LogP) is 2.88. The summed E-state index contributed by atoms with van der Waals surface area (Å²) < 4.78 is 0. The molecule has 1 saturated heterocycles. The van der Waals surface area contributed by atoms with E-state index < -0.39 is 0 Å².